The first kappa shape index (κ1) is 19.6. The summed E-state index contributed by atoms with van der Waals surface area (Å²) in [6, 6.07) is 0. The van der Waals surface area contributed by atoms with Gasteiger partial charge in [0.2, 0.25) is 14.2 Å². The lowest BCUT2D eigenvalue weighted by atomic mass is 9.75. The van der Waals surface area contributed by atoms with Crippen LogP contribution in [-0.2, 0) is 18.5 Å². The Morgan fingerprint density at radius 1 is 1.17 bits per heavy atom. The summed E-state index contributed by atoms with van der Waals surface area (Å²) in [6.45, 7) is 17.0. The van der Waals surface area contributed by atoms with Crippen molar-refractivity contribution in [3.63, 3.8) is 0 Å². The third kappa shape index (κ3) is 3.59. The molecule has 1 aliphatic heterocycles. The smallest absolute Gasteiger partial charge is 0.248 e. The third-order valence-corrected chi connectivity index (χ3v) is 10.4. The Balaban J connectivity index is 2.33. The van der Waals surface area contributed by atoms with Gasteiger partial charge in [-0.1, -0.05) is 20.8 Å². The summed E-state index contributed by atoms with van der Waals surface area (Å²) in [6.07, 6.45) is 3.76. The SMILES string of the molecule is CC(C)(C)[Si](C)(C)ON1C(=O)CC12C=CC(=O)CC2O[Si](C)(C)C. The van der Waals surface area contributed by atoms with E-state index in [0.717, 1.165) is 0 Å². The monoisotopic (exact) mass is 369 g/mol. The first-order valence-electron chi connectivity index (χ1n) is 8.60. The molecule has 1 aliphatic carbocycles. The summed E-state index contributed by atoms with van der Waals surface area (Å²) >= 11 is 0. The molecule has 0 aromatic rings. The minimum atomic E-state index is -2.15. The summed E-state index contributed by atoms with van der Waals surface area (Å²) < 4.78 is 12.6. The van der Waals surface area contributed by atoms with Gasteiger partial charge in [0.25, 0.3) is 0 Å². The highest BCUT2D eigenvalue weighted by atomic mass is 28.4. The maximum Gasteiger partial charge on any atom is 0.248 e. The summed E-state index contributed by atoms with van der Waals surface area (Å²) in [5, 5.41) is 1.52. The van der Waals surface area contributed by atoms with Crippen LogP contribution < -0.4 is 0 Å². The van der Waals surface area contributed by atoms with Gasteiger partial charge in [-0.15, -0.1) is 0 Å². The molecule has 136 valence electrons. The van der Waals surface area contributed by atoms with Crippen LogP contribution in [0.4, 0.5) is 0 Å². The van der Waals surface area contributed by atoms with E-state index >= 15 is 0 Å². The van der Waals surface area contributed by atoms with E-state index < -0.39 is 22.2 Å². The Morgan fingerprint density at radius 3 is 2.21 bits per heavy atom. The average Bonchev–Trinajstić information content (AvgIpc) is 2.36. The number of nitrogens with zero attached hydrogens (tertiary/aromatic N) is 1. The number of carbonyl (C=O) groups excluding carboxylic acids is 2. The Labute approximate surface area is 147 Å². The molecule has 5 nitrogen and oxygen atoms in total. The van der Waals surface area contributed by atoms with Gasteiger partial charge in [-0.05, 0) is 49.9 Å². The van der Waals surface area contributed by atoms with Crippen LogP contribution >= 0.6 is 0 Å². The molecule has 1 spiro atoms. The van der Waals surface area contributed by atoms with E-state index in [-0.39, 0.29) is 22.8 Å². The van der Waals surface area contributed by atoms with Crippen LogP contribution in [0.5, 0.6) is 0 Å². The van der Waals surface area contributed by atoms with Crippen molar-refractivity contribution in [1.29, 1.82) is 0 Å². The van der Waals surface area contributed by atoms with Crippen molar-refractivity contribution in [2.75, 3.05) is 0 Å². The zero-order valence-electron chi connectivity index (χ0n) is 16.2. The molecule has 0 N–H and O–H groups in total. The van der Waals surface area contributed by atoms with Gasteiger partial charge in [-0.25, -0.2) is 5.06 Å². The van der Waals surface area contributed by atoms with Gasteiger partial charge in [0.05, 0.1) is 12.5 Å². The van der Waals surface area contributed by atoms with Crippen molar-refractivity contribution in [1.82, 2.24) is 5.06 Å². The Bertz CT molecular complexity index is 574. The molecule has 7 heteroatoms. The number of β-lactam (4-membered cyclic amide) rings is 1. The number of hydrogen-bond acceptors (Lipinski definition) is 4. The molecule has 1 amide bonds. The van der Waals surface area contributed by atoms with Crippen molar-refractivity contribution in [3.05, 3.63) is 12.2 Å². The van der Waals surface area contributed by atoms with E-state index in [1.165, 1.54) is 5.06 Å². The molecule has 1 heterocycles. The van der Waals surface area contributed by atoms with E-state index in [0.29, 0.717) is 12.8 Å². The van der Waals surface area contributed by atoms with Crippen LogP contribution in [0.3, 0.4) is 0 Å². The molecule has 24 heavy (non-hydrogen) atoms. The number of hydroxylamine groups is 2. The molecular weight excluding hydrogens is 338 g/mol. The fourth-order valence-electron chi connectivity index (χ4n) is 2.74. The average molecular weight is 370 g/mol. The molecule has 0 radical (unpaired) electrons. The molecule has 1 saturated heterocycles. The molecule has 2 atom stereocenters. The first-order valence-corrected chi connectivity index (χ1v) is 14.9. The first-order chi connectivity index (χ1) is 10.7. The van der Waals surface area contributed by atoms with Crippen LogP contribution in [0.15, 0.2) is 12.2 Å². The summed E-state index contributed by atoms with van der Waals surface area (Å²) in [5.41, 5.74) is -0.624. The molecule has 0 saturated carbocycles. The highest BCUT2D eigenvalue weighted by molar-refractivity contribution is 6.74. The zero-order valence-corrected chi connectivity index (χ0v) is 18.2. The Kier molecular flexibility index (Phi) is 4.80. The molecule has 0 aromatic heterocycles. The lowest BCUT2D eigenvalue weighted by Gasteiger charge is -2.57. The number of amides is 1. The van der Waals surface area contributed by atoms with E-state index in [9.17, 15) is 9.59 Å². The van der Waals surface area contributed by atoms with E-state index in [1.54, 1.807) is 6.08 Å². The predicted octanol–water partition coefficient (Wildman–Crippen LogP) is 3.64. The maximum absolute atomic E-state index is 12.4. The third-order valence-electron chi connectivity index (χ3n) is 5.16. The van der Waals surface area contributed by atoms with Crippen LogP contribution in [-0.4, -0.2) is 45.0 Å². The van der Waals surface area contributed by atoms with Crippen LogP contribution in [0.25, 0.3) is 0 Å². The van der Waals surface area contributed by atoms with Gasteiger partial charge < -0.3 is 8.95 Å². The minimum absolute atomic E-state index is 0.00656. The Morgan fingerprint density at radius 2 is 1.75 bits per heavy atom. The zero-order chi connectivity index (χ0) is 18.6. The highest BCUT2D eigenvalue weighted by Gasteiger charge is 2.60. The maximum atomic E-state index is 12.4. The highest BCUT2D eigenvalue weighted by Crippen LogP contribution is 2.46. The second kappa shape index (κ2) is 5.90. The largest absolute Gasteiger partial charge is 0.411 e. The second-order valence-electron chi connectivity index (χ2n) is 9.43. The second-order valence-corrected chi connectivity index (χ2v) is 18.6. The molecule has 0 aromatic carbocycles. The topological polar surface area (TPSA) is 55.8 Å². The molecule has 2 rings (SSSR count). The van der Waals surface area contributed by atoms with Gasteiger partial charge in [0.1, 0.15) is 5.54 Å². The van der Waals surface area contributed by atoms with E-state index in [4.69, 9.17) is 8.95 Å². The summed E-state index contributed by atoms with van der Waals surface area (Å²) in [7, 11) is -4.01. The molecular formula is C17H31NO4Si2. The van der Waals surface area contributed by atoms with Gasteiger partial charge >= 0.3 is 0 Å². The van der Waals surface area contributed by atoms with E-state index in [2.05, 4.69) is 53.5 Å². The summed E-state index contributed by atoms with van der Waals surface area (Å²) in [4.78, 5) is 24.3. The van der Waals surface area contributed by atoms with Gasteiger partial charge in [0.15, 0.2) is 14.1 Å². The van der Waals surface area contributed by atoms with Crippen molar-refractivity contribution in [2.45, 2.75) is 83.0 Å². The van der Waals surface area contributed by atoms with Crippen molar-refractivity contribution in [2.24, 2.45) is 0 Å². The van der Waals surface area contributed by atoms with Crippen molar-refractivity contribution >= 4 is 28.3 Å². The van der Waals surface area contributed by atoms with Crippen LogP contribution in [0.1, 0.15) is 33.6 Å². The van der Waals surface area contributed by atoms with Gasteiger partial charge in [0, 0.05) is 6.42 Å². The van der Waals surface area contributed by atoms with Crippen LogP contribution in [0.2, 0.25) is 37.8 Å². The normalized spacial score (nSPS) is 28.5. The van der Waals surface area contributed by atoms with Crippen molar-refractivity contribution < 1.29 is 18.5 Å². The molecule has 2 aliphatic rings. The number of rotatable bonds is 4. The standard InChI is InChI=1S/C17H31NO4Si2/c1-16(2,3)24(7,8)22-18-15(20)12-17(18)10-9-13(19)11-14(17)21-23(4,5)6/h9-10,14H,11-12H2,1-8H3. The van der Waals surface area contributed by atoms with Gasteiger partial charge in [-0.3, -0.25) is 9.59 Å². The molecule has 1 fully saturated rings. The summed E-state index contributed by atoms with van der Waals surface area (Å²) in [5.74, 6) is 0.0264. The molecule has 0 bridgehead atoms. The number of hydrogen-bond donors (Lipinski definition) is 0. The molecule has 2 unspecified atom stereocenters. The predicted molar refractivity (Wildman–Crippen MR) is 99.5 cm³/mol. The number of allylic oxidation sites excluding steroid dienone is 1. The fourth-order valence-corrected chi connectivity index (χ4v) is 4.88. The lowest BCUT2D eigenvalue weighted by molar-refractivity contribution is -0.227. The fraction of sp³-hybridized carbons (Fsp3) is 0.765. The lowest BCUT2D eigenvalue weighted by Crippen LogP contribution is -2.72. The quantitative estimate of drug-likeness (QED) is 0.561. The van der Waals surface area contributed by atoms with Gasteiger partial charge in [-0.2, -0.15) is 0 Å². The number of carbonyl (C=O) groups is 2. The Hall–Kier alpha value is -0.766. The number of ketones is 1. The van der Waals surface area contributed by atoms with Crippen molar-refractivity contribution in [3.8, 4) is 0 Å². The van der Waals surface area contributed by atoms with E-state index in [1.807, 2.05) is 6.08 Å². The minimum Gasteiger partial charge on any atom is -0.411 e. The van der Waals surface area contributed by atoms with Crippen LogP contribution in [0, 0.1) is 0 Å².